The number of aliphatic hydroxyl groups excluding tert-OH is 1. The van der Waals surface area contributed by atoms with Crippen molar-refractivity contribution in [3.05, 3.63) is 64.4 Å². The average Bonchev–Trinajstić information content (AvgIpc) is 2.49. The highest BCUT2D eigenvalue weighted by Gasteiger charge is 2.12. The van der Waals surface area contributed by atoms with Crippen LogP contribution in [0.4, 0.5) is 4.39 Å². The van der Waals surface area contributed by atoms with E-state index in [2.05, 4.69) is 0 Å². The third kappa shape index (κ3) is 4.45. The van der Waals surface area contributed by atoms with E-state index in [4.69, 9.17) is 16.3 Å². The maximum Gasteiger partial charge on any atom is 0.123 e. The van der Waals surface area contributed by atoms with E-state index < -0.39 is 6.10 Å². The van der Waals surface area contributed by atoms with E-state index in [1.165, 1.54) is 18.2 Å². The Bertz CT molecular complexity index is 584. The Morgan fingerprint density at radius 2 is 1.90 bits per heavy atom. The Morgan fingerprint density at radius 1 is 1.19 bits per heavy atom. The second-order valence-electron chi connectivity index (χ2n) is 4.87. The third-order valence-corrected chi connectivity index (χ3v) is 3.53. The number of hydrogen-bond acceptors (Lipinski definition) is 2. The van der Waals surface area contributed by atoms with Gasteiger partial charge in [0.2, 0.25) is 0 Å². The Labute approximate surface area is 129 Å². The molecule has 1 unspecified atom stereocenters. The average molecular weight is 309 g/mol. The lowest BCUT2D eigenvalue weighted by Gasteiger charge is -2.13. The van der Waals surface area contributed by atoms with Crippen molar-refractivity contribution in [3.63, 3.8) is 0 Å². The molecule has 0 saturated carbocycles. The molecule has 2 aromatic rings. The molecule has 0 aliphatic rings. The van der Waals surface area contributed by atoms with Crippen molar-refractivity contribution in [2.75, 3.05) is 6.61 Å². The molecule has 0 aromatic heterocycles. The first-order valence-corrected chi connectivity index (χ1v) is 7.32. The molecule has 0 bridgehead atoms. The molecule has 21 heavy (non-hydrogen) atoms. The lowest BCUT2D eigenvalue weighted by Crippen LogP contribution is -2.03. The number of aliphatic hydroxyl groups is 1. The predicted molar refractivity (Wildman–Crippen MR) is 82.3 cm³/mol. The number of benzene rings is 2. The van der Waals surface area contributed by atoms with Crippen molar-refractivity contribution in [1.29, 1.82) is 0 Å². The van der Waals surface area contributed by atoms with E-state index in [1.807, 2.05) is 31.2 Å². The number of rotatable bonds is 6. The maximum absolute atomic E-state index is 13.2. The Kier molecular flexibility index (Phi) is 5.59. The number of ether oxygens (including phenoxy) is 1. The van der Waals surface area contributed by atoms with Gasteiger partial charge in [0, 0.05) is 11.4 Å². The van der Waals surface area contributed by atoms with Crippen LogP contribution >= 0.6 is 11.6 Å². The normalized spacial score (nSPS) is 12.2. The largest absolute Gasteiger partial charge is 0.494 e. The summed E-state index contributed by atoms with van der Waals surface area (Å²) in [7, 11) is 0. The molecule has 1 N–H and O–H groups in total. The van der Waals surface area contributed by atoms with Gasteiger partial charge in [-0.15, -0.1) is 0 Å². The van der Waals surface area contributed by atoms with Gasteiger partial charge in [-0.05, 0) is 47.9 Å². The van der Waals surface area contributed by atoms with E-state index in [9.17, 15) is 9.50 Å². The standard InChI is InChI=1S/C17H18ClFO2/c1-2-9-21-15-6-3-12(4-7-15)17(20)11-13-10-14(19)5-8-16(13)18/h3-8,10,17,20H,2,9,11H2,1H3. The van der Waals surface area contributed by atoms with Gasteiger partial charge in [0.05, 0.1) is 12.7 Å². The zero-order valence-electron chi connectivity index (χ0n) is 11.9. The van der Waals surface area contributed by atoms with E-state index >= 15 is 0 Å². The minimum absolute atomic E-state index is 0.270. The summed E-state index contributed by atoms with van der Waals surface area (Å²) in [6.07, 6.45) is 0.485. The van der Waals surface area contributed by atoms with Gasteiger partial charge in [0.15, 0.2) is 0 Å². The second kappa shape index (κ2) is 7.43. The fourth-order valence-electron chi connectivity index (χ4n) is 2.03. The van der Waals surface area contributed by atoms with Crippen molar-refractivity contribution in [1.82, 2.24) is 0 Å². The smallest absolute Gasteiger partial charge is 0.123 e. The highest BCUT2D eigenvalue weighted by atomic mass is 35.5. The first kappa shape index (κ1) is 15.8. The van der Waals surface area contributed by atoms with Crippen molar-refractivity contribution in [2.45, 2.75) is 25.9 Å². The monoisotopic (exact) mass is 308 g/mol. The first-order valence-electron chi connectivity index (χ1n) is 6.95. The zero-order valence-corrected chi connectivity index (χ0v) is 12.6. The molecular formula is C17H18ClFO2. The quantitative estimate of drug-likeness (QED) is 0.848. The zero-order chi connectivity index (χ0) is 15.2. The fourth-order valence-corrected chi connectivity index (χ4v) is 2.23. The van der Waals surface area contributed by atoms with Gasteiger partial charge in [-0.2, -0.15) is 0 Å². The van der Waals surface area contributed by atoms with E-state index in [1.54, 1.807) is 0 Å². The SMILES string of the molecule is CCCOc1ccc(C(O)Cc2cc(F)ccc2Cl)cc1. The highest BCUT2D eigenvalue weighted by molar-refractivity contribution is 6.31. The van der Waals surface area contributed by atoms with Crippen LogP contribution in [0.15, 0.2) is 42.5 Å². The van der Waals surface area contributed by atoms with E-state index in [0.29, 0.717) is 17.2 Å². The number of halogens is 2. The highest BCUT2D eigenvalue weighted by Crippen LogP contribution is 2.25. The Morgan fingerprint density at radius 3 is 2.57 bits per heavy atom. The minimum atomic E-state index is -0.732. The van der Waals surface area contributed by atoms with E-state index in [-0.39, 0.29) is 12.2 Å². The second-order valence-corrected chi connectivity index (χ2v) is 5.28. The Balaban J connectivity index is 2.05. The van der Waals surface area contributed by atoms with Gasteiger partial charge >= 0.3 is 0 Å². The fraction of sp³-hybridized carbons (Fsp3) is 0.294. The lowest BCUT2D eigenvalue weighted by molar-refractivity contribution is 0.178. The van der Waals surface area contributed by atoms with Crippen LogP contribution in [0.5, 0.6) is 5.75 Å². The van der Waals surface area contributed by atoms with Crippen LogP contribution in [0, 0.1) is 5.82 Å². The molecule has 2 nitrogen and oxygen atoms in total. The molecule has 4 heteroatoms. The molecule has 112 valence electrons. The summed E-state index contributed by atoms with van der Waals surface area (Å²) in [5.41, 5.74) is 1.34. The molecular weight excluding hydrogens is 291 g/mol. The van der Waals surface area contributed by atoms with Crippen LogP contribution in [0.25, 0.3) is 0 Å². The predicted octanol–water partition coefficient (Wildman–Crippen LogP) is 4.54. The van der Waals surface area contributed by atoms with Crippen molar-refractivity contribution in [3.8, 4) is 5.75 Å². The molecule has 0 saturated heterocycles. The molecule has 0 spiro atoms. The van der Waals surface area contributed by atoms with Crippen molar-refractivity contribution in [2.24, 2.45) is 0 Å². The molecule has 0 aliphatic heterocycles. The van der Waals surface area contributed by atoms with Gasteiger partial charge in [-0.3, -0.25) is 0 Å². The molecule has 0 fully saturated rings. The summed E-state index contributed by atoms with van der Waals surface area (Å²) in [5.74, 6) is 0.418. The third-order valence-electron chi connectivity index (χ3n) is 3.16. The van der Waals surface area contributed by atoms with Crippen LogP contribution in [0.2, 0.25) is 5.02 Å². The molecule has 2 rings (SSSR count). The summed E-state index contributed by atoms with van der Waals surface area (Å²) in [5, 5.41) is 10.7. The van der Waals surface area contributed by atoms with Gasteiger partial charge in [0.1, 0.15) is 11.6 Å². The molecule has 0 heterocycles. The molecule has 0 amide bonds. The van der Waals surface area contributed by atoms with Crippen LogP contribution in [0.1, 0.15) is 30.6 Å². The molecule has 0 aliphatic carbocycles. The van der Waals surface area contributed by atoms with Gasteiger partial charge in [0.25, 0.3) is 0 Å². The van der Waals surface area contributed by atoms with Crippen LogP contribution in [-0.4, -0.2) is 11.7 Å². The van der Waals surface area contributed by atoms with E-state index in [0.717, 1.165) is 17.7 Å². The topological polar surface area (TPSA) is 29.5 Å². The lowest BCUT2D eigenvalue weighted by atomic mass is 10.0. The number of hydrogen-bond donors (Lipinski definition) is 1. The molecule has 0 radical (unpaired) electrons. The summed E-state index contributed by atoms with van der Waals surface area (Å²) in [6, 6.07) is 11.4. The first-order chi connectivity index (χ1) is 10.1. The minimum Gasteiger partial charge on any atom is -0.494 e. The van der Waals surface area contributed by atoms with Crippen molar-refractivity contribution < 1.29 is 14.2 Å². The summed E-state index contributed by atoms with van der Waals surface area (Å²) in [6.45, 7) is 2.71. The van der Waals surface area contributed by atoms with Crippen LogP contribution in [-0.2, 0) is 6.42 Å². The summed E-state index contributed by atoms with van der Waals surface area (Å²) >= 11 is 6.01. The van der Waals surface area contributed by atoms with Crippen LogP contribution in [0.3, 0.4) is 0 Å². The Hall–Kier alpha value is -1.58. The van der Waals surface area contributed by atoms with Crippen molar-refractivity contribution >= 4 is 11.6 Å². The van der Waals surface area contributed by atoms with Gasteiger partial charge in [-0.1, -0.05) is 30.7 Å². The molecule has 2 aromatic carbocycles. The summed E-state index contributed by atoms with van der Waals surface area (Å²) < 4.78 is 18.7. The van der Waals surface area contributed by atoms with Gasteiger partial charge < -0.3 is 9.84 Å². The maximum atomic E-state index is 13.2. The summed E-state index contributed by atoms with van der Waals surface area (Å²) in [4.78, 5) is 0. The van der Waals surface area contributed by atoms with Crippen LogP contribution < -0.4 is 4.74 Å². The van der Waals surface area contributed by atoms with Gasteiger partial charge in [-0.25, -0.2) is 4.39 Å². The molecule has 1 atom stereocenters.